The second-order valence-electron chi connectivity index (χ2n) is 10.9. The van der Waals surface area contributed by atoms with Gasteiger partial charge in [-0.3, -0.25) is 9.59 Å². The van der Waals surface area contributed by atoms with Crippen molar-refractivity contribution in [1.82, 2.24) is 25.1 Å². The van der Waals surface area contributed by atoms with Gasteiger partial charge in [-0.15, -0.1) is 0 Å². The summed E-state index contributed by atoms with van der Waals surface area (Å²) in [6.45, 7) is 10.8. The first kappa shape index (κ1) is 29.9. The van der Waals surface area contributed by atoms with Crippen molar-refractivity contribution in [1.29, 1.82) is 0 Å². The van der Waals surface area contributed by atoms with Crippen molar-refractivity contribution in [3.8, 4) is 0 Å². The summed E-state index contributed by atoms with van der Waals surface area (Å²) in [6.07, 6.45) is 7.06. The highest BCUT2D eigenvalue weighted by molar-refractivity contribution is 6.19. The molecule has 2 aliphatic rings. The minimum absolute atomic E-state index is 0.0543. The number of unbranched alkanes of at least 4 members (excludes halogenated alkanes) is 1. The number of carbonyl (C=O) groups excluding carboxylic acids is 2. The number of rotatable bonds is 13. The normalized spacial score (nSPS) is 22.2. The third-order valence-corrected chi connectivity index (χ3v) is 7.70. The van der Waals surface area contributed by atoms with Gasteiger partial charge in [0, 0.05) is 52.3 Å². The van der Waals surface area contributed by atoms with E-state index in [1.807, 2.05) is 9.80 Å². The fourth-order valence-electron chi connectivity index (χ4n) is 5.34. The van der Waals surface area contributed by atoms with Gasteiger partial charge in [-0.2, -0.15) is 0 Å². The maximum Gasteiger partial charge on any atom is 0.272 e. The average Bonchev–Trinajstić information content (AvgIpc) is 3.38. The number of morpholine rings is 1. The highest BCUT2D eigenvalue weighted by Gasteiger charge is 2.36. The molecule has 0 spiro atoms. The van der Waals surface area contributed by atoms with Crippen LogP contribution in [0.3, 0.4) is 0 Å². The summed E-state index contributed by atoms with van der Waals surface area (Å²) < 4.78 is 10.7. The third-order valence-electron chi connectivity index (χ3n) is 7.34. The van der Waals surface area contributed by atoms with E-state index in [1.165, 1.54) is 0 Å². The molecule has 1 aromatic rings. The highest BCUT2D eigenvalue weighted by Crippen LogP contribution is 2.24. The molecule has 0 radical (unpaired) electrons. The highest BCUT2D eigenvalue weighted by atomic mass is 35.5. The molecule has 2 fully saturated rings. The van der Waals surface area contributed by atoms with E-state index < -0.39 is 0 Å². The summed E-state index contributed by atoms with van der Waals surface area (Å²) >= 11 is 6.27. The molecule has 1 aromatic heterocycles. The molecule has 37 heavy (non-hydrogen) atoms. The molecule has 2 aliphatic heterocycles. The van der Waals surface area contributed by atoms with E-state index in [1.54, 1.807) is 13.3 Å². The van der Waals surface area contributed by atoms with Gasteiger partial charge in [0.15, 0.2) is 0 Å². The van der Waals surface area contributed by atoms with E-state index in [-0.39, 0.29) is 29.3 Å². The number of carbonyl (C=O) groups is 2. The van der Waals surface area contributed by atoms with Crippen LogP contribution in [0.1, 0.15) is 69.2 Å². The van der Waals surface area contributed by atoms with E-state index >= 15 is 0 Å². The van der Waals surface area contributed by atoms with Crippen LogP contribution in [0.2, 0.25) is 0 Å². The number of amides is 2. The van der Waals surface area contributed by atoms with Crippen molar-refractivity contribution in [2.24, 2.45) is 17.8 Å². The molecule has 0 aromatic carbocycles. The number of alkyl halides is 1. The zero-order valence-corrected chi connectivity index (χ0v) is 23.8. The van der Waals surface area contributed by atoms with Gasteiger partial charge in [-0.1, -0.05) is 45.2 Å². The van der Waals surface area contributed by atoms with Crippen LogP contribution in [0.15, 0.2) is 6.20 Å². The van der Waals surface area contributed by atoms with Crippen molar-refractivity contribution < 1.29 is 19.1 Å². The van der Waals surface area contributed by atoms with Gasteiger partial charge in [-0.05, 0) is 31.1 Å². The first-order valence-corrected chi connectivity index (χ1v) is 14.3. The summed E-state index contributed by atoms with van der Waals surface area (Å²) in [7, 11) is 1.63. The third kappa shape index (κ3) is 8.94. The fraction of sp³-hybridized carbons (Fsp3) is 0.815. The number of nitrogens with one attached hydrogen (secondary N) is 2. The van der Waals surface area contributed by atoms with E-state index in [0.29, 0.717) is 69.9 Å². The second-order valence-corrected chi connectivity index (χ2v) is 11.4. The first-order valence-electron chi connectivity index (χ1n) is 13.9. The Morgan fingerprint density at radius 2 is 2.05 bits per heavy atom. The lowest BCUT2D eigenvalue weighted by Gasteiger charge is -2.40. The molecule has 3 heterocycles. The van der Waals surface area contributed by atoms with Crippen molar-refractivity contribution in [3.63, 3.8) is 0 Å². The average molecular weight is 540 g/mol. The molecular weight excluding hydrogens is 494 g/mol. The maximum atomic E-state index is 13.7. The number of ether oxygens (including phenoxy) is 2. The Balaban J connectivity index is 1.69. The number of piperidine rings is 1. The Morgan fingerprint density at radius 1 is 1.30 bits per heavy atom. The van der Waals surface area contributed by atoms with Crippen LogP contribution in [0.4, 0.5) is 0 Å². The summed E-state index contributed by atoms with van der Waals surface area (Å²) in [5, 5.41) is 3.42. The molecule has 0 aliphatic carbocycles. The summed E-state index contributed by atoms with van der Waals surface area (Å²) in [5.74, 6) is 1.40. The predicted molar refractivity (Wildman–Crippen MR) is 145 cm³/mol. The minimum Gasteiger partial charge on any atom is -0.378 e. The number of methoxy groups -OCH3 is 1. The van der Waals surface area contributed by atoms with Gasteiger partial charge in [0.1, 0.15) is 17.1 Å². The number of halogens is 1. The first-order chi connectivity index (χ1) is 17.8. The Morgan fingerprint density at radius 3 is 2.73 bits per heavy atom. The van der Waals surface area contributed by atoms with Crippen LogP contribution in [-0.2, 0) is 20.7 Å². The number of H-pyrrole nitrogens is 1. The van der Waals surface area contributed by atoms with Gasteiger partial charge in [0.05, 0.1) is 25.3 Å². The molecule has 210 valence electrons. The van der Waals surface area contributed by atoms with Crippen molar-refractivity contribution >= 4 is 23.4 Å². The zero-order valence-electron chi connectivity index (χ0n) is 23.0. The van der Waals surface area contributed by atoms with Crippen LogP contribution < -0.4 is 5.32 Å². The number of nitrogens with zero attached hydrogens (tertiary/aromatic N) is 3. The lowest BCUT2D eigenvalue weighted by molar-refractivity contribution is -0.140. The summed E-state index contributed by atoms with van der Waals surface area (Å²) in [6, 6.07) is -0.0543. The molecule has 2 saturated heterocycles. The molecular formula is C27H46ClN5O4. The standard InChI is InChI=1S/C27H46ClN5O4/c1-5-6-7-20(12-24(28)36-4)13-25-30-17-23(31-25)27(35)33(18-19(2)3)22-14-21(15-29-16-22)26(34)32-8-10-37-11-9-32/h17,19-22,24,29H,5-16,18H2,1-4H3,(H,30,31)/t20?,21-,22+,24?/m1/s1. The van der Waals surface area contributed by atoms with Crippen molar-refractivity contribution in [2.75, 3.05) is 53.0 Å². The topological polar surface area (TPSA) is 99.8 Å². The van der Waals surface area contributed by atoms with Gasteiger partial charge in [0.25, 0.3) is 5.91 Å². The van der Waals surface area contributed by atoms with Crippen LogP contribution >= 0.6 is 11.6 Å². The monoisotopic (exact) mass is 539 g/mol. The molecule has 2 amide bonds. The van der Waals surface area contributed by atoms with E-state index in [0.717, 1.165) is 37.9 Å². The number of imidazole rings is 1. The van der Waals surface area contributed by atoms with Gasteiger partial charge in [-0.25, -0.2) is 4.98 Å². The number of hydrogen-bond donors (Lipinski definition) is 2. The van der Waals surface area contributed by atoms with Gasteiger partial charge in [0.2, 0.25) is 5.91 Å². The molecule has 2 N–H and O–H groups in total. The van der Waals surface area contributed by atoms with Crippen molar-refractivity contribution in [2.45, 2.75) is 70.9 Å². The second kappa shape index (κ2) is 15.0. The fourth-order valence-corrected chi connectivity index (χ4v) is 5.59. The lowest BCUT2D eigenvalue weighted by Crippen LogP contribution is -2.56. The van der Waals surface area contributed by atoms with E-state index in [2.05, 4.69) is 36.1 Å². The summed E-state index contributed by atoms with van der Waals surface area (Å²) in [5.41, 5.74) is 0.173. The van der Waals surface area contributed by atoms with Crippen LogP contribution in [0.25, 0.3) is 0 Å². The molecule has 10 heteroatoms. The van der Waals surface area contributed by atoms with Crippen LogP contribution in [-0.4, -0.2) is 96.2 Å². The number of hydrogen-bond acceptors (Lipinski definition) is 6. The van der Waals surface area contributed by atoms with Crippen molar-refractivity contribution in [3.05, 3.63) is 17.7 Å². The number of aromatic nitrogens is 2. The SMILES string of the molecule is CCCCC(Cc1ncc(C(=O)N(CC(C)C)[C@@H]2CNC[C@H](C(=O)N3CCOCC3)C2)[nH]1)CC(Cl)OC. The molecule has 3 rings (SSSR count). The largest absolute Gasteiger partial charge is 0.378 e. The minimum atomic E-state index is -0.327. The zero-order chi connectivity index (χ0) is 26.8. The molecule has 9 nitrogen and oxygen atoms in total. The lowest BCUT2D eigenvalue weighted by atomic mass is 9.92. The molecule has 0 saturated carbocycles. The van der Waals surface area contributed by atoms with E-state index in [4.69, 9.17) is 21.1 Å². The quantitative estimate of drug-likeness (QED) is 0.373. The van der Waals surface area contributed by atoms with Gasteiger partial charge >= 0.3 is 0 Å². The molecule has 0 bridgehead atoms. The summed E-state index contributed by atoms with van der Waals surface area (Å²) in [4.78, 5) is 38.6. The Labute approximate surface area is 227 Å². The van der Waals surface area contributed by atoms with Gasteiger partial charge < -0.3 is 29.6 Å². The smallest absolute Gasteiger partial charge is 0.272 e. The van der Waals surface area contributed by atoms with E-state index in [9.17, 15) is 9.59 Å². The predicted octanol–water partition coefficient (Wildman–Crippen LogP) is 3.30. The number of aromatic amines is 1. The Hall–Kier alpha value is -1.68. The molecule has 4 atom stereocenters. The Kier molecular flexibility index (Phi) is 12.1. The van der Waals surface area contributed by atoms with Crippen LogP contribution in [0.5, 0.6) is 0 Å². The van der Waals surface area contributed by atoms with Crippen LogP contribution in [0, 0.1) is 17.8 Å². The Bertz CT molecular complexity index is 845. The molecule has 2 unspecified atom stereocenters. The maximum absolute atomic E-state index is 13.7.